The van der Waals surface area contributed by atoms with Crippen LogP contribution in [-0.2, 0) is 10.0 Å². The summed E-state index contributed by atoms with van der Waals surface area (Å²) in [7, 11) is -3.64. The van der Waals surface area contributed by atoms with Crippen molar-refractivity contribution in [3.05, 3.63) is 63.9 Å². The number of sulfonamides is 1. The molecule has 21 heavy (non-hydrogen) atoms. The van der Waals surface area contributed by atoms with Gasteiger partial charge in [0.1, 0.15) is 5.82 Å². The highest BCUT2D eigenvalue weighted by Crippen LogP contribution is 2.23. The molecule has 0 saturated heterocycles. The lowest BCUT2D eigenvalue weighted by Gasteiger charge is -2.16. The van der Waals surface area contributed by atoms with Crippen molar-refractivity contribution in [1.82, 2.24) is 4.72 Å². The molecule has 2 aromatic rings. The average molecular weight is 372 g/mol. The molecule has 0 aliphatic heterocycles. The van der Waals surface area contributed by atoms with Crippen LogP contribution in [0.2, 0.25) is 0 Å². The SMILES string of the molecule is Cc1ccc(Br)cc1S(=O)(=O)N[C@H](C)c1ccc(F)cc1. The fourth-order valence-corrected chi connectivity index (χ4v) is 3.99. The quantitative estimate of drug-likeness (QED) is 0.884. The number of nitrogens with one attached hydrogen (secondary N) is 1. The summed E-state index contributed by atoms with van der Waals surface area (Å²) in [6, 6.07) is 10.4. The third-order valence-electron chi connectivity index (χ3n) is 3.14. The Bertz CT molecular complexity index is 745. The Morgan fingerprint density at radius 2 is 1.76 bits per heavy atom. The summed E-state index contributed by atoms with van der Waals surface area (Å²) in [5.41, 5.74) is 1.37. The third kappa shape index (κ3) is 3.90. The van der Waals surface area contributed by atoms with E-state index in [0.29, 0.717) is 15.6 Å². The first-order valence-electron chi connectivity index (χ1n) is 6.33. The zero-order valence-corrected chi connectivity index (χ0v) is 14.0. The second-order valence-corrected chi connectivity index (χ2v) is 7.40. The van der Waals surface area contributed by atoms with E-state index < -0.39 is 16.1 Å². The lowest BCUT2D eigenvalue weighted by atomic mass is 10.1. The molecule has 2 aromatic carbocycles. The summed E-state index contributed by atoms with van der Waals surface area (Å²) >= 11 is 3.27. The number of benzene rings is 2. The van der Waals surface area contributed by atoms with Crippen molar-refractivity contribution in [2.45, 2.75) is 24.8 Å². The number of aryl methyl sites for hydroxylation is 1. The summed E-state index contributed by atoms with van der Waals surface area (Å²) in [5.74, 6) is -0.350. The number of hydrogen-bond donors (Lipinski definition) is 1. The summed E-state index contributed by atoms with van der Waals surface area (Å²) in [4.78, 5) is 0.228. The molecular formula is C15H15BrFNO2S. The van der Waals surface area contributed by atoms with Gasteiger partial charge >= 0.3 is 0 Å². The molecule has 0 saturated carbocycles. The van der Waals surface area contributed by atoms with Crippen molar-refractivity contribution in [2.75, 3.05) is 0 Å². The number of hydrogen-bond acceptors (Lipinski definition) is 2. The Labute approximate surface area is 132 Å². The van der Waals surface area contributed by atoms with Gasteiger partial charge in [-0.05, 0) is 49.2 Å². The van der Waals surface area contributed by atoms with Gasteiger partial charge in [0.25, 0.3) is 0 Å². The van der Waals surface area contributed by atoms with E-state index in [1.807, 2.05) is 0 Å². The first kappa shape index (κ1) is 16.1. The largest absolute Gasteiger partial charge is 0.241 e. The molecule has 0 fully saturated rings. The van der Waals surface area contributed by atoms with Crippen LogP contribution in [0.4, 0.5) is 4.39 Å². The molecule has 1 N–H and O–H groups in total. The molecule has 0 radical (unpaired) electrons. The smallest absolute Gasteiger partial charge is 0.207 e. The average Bonchev–Trinajstić information content (AvgIpc) is 2.41. The molecule has 1 atom stereocenters. The van der Waals surface area contributed by atoms with Crippen molar-refractivity contribution < 1.29 is 12.8 Å². The zero-order valence-electron chi connectivity index (χ0n) is 11.6. The Balaban J connectivity index is 2.28. The van der Waals surface area contributed by atoms with Gasteiger partial charge in [-0.3, -0.25) is 0 Å². The van der Waals surface area contributed by atoms with E-state index in [4.69, 9.17) is 0 Å². The Morgan fingerprint density at radius 1 is 1.14 bits per heavy atom. The van der Waals surface area contributed by atoms with Gasteiger partial charge in [0, 0.05) is 10.5 Å². The highest BCUT2D eigenvalue weighted by Gasteiger charge is 2.20. The van der Waals surface area contributed by atoms with E-state index in [2.05, 4.69) is 20.7 Å². The van der Waals surface area contributed by atoms with Crippen LogP contribution < -0.4 is 4.72 Å². The van der Waals surface area contributed by atoms with Crippen LogP contribution in [0.15, 0.2) is 51.8 Å². The van der Waals surface area contributed by atoms with E-state index in [9.17, 15) is 12.8 Å². The van der Waals surface area contributed by atoms with Crippen molar-refractivity contribution in [3.8, 4) is 0 Å². The molecular weight excluding hydrogens is 357 g/mol. The Kier molecular flexibility index (Phi) is 4.81. The molecule has 2 rings (SSSR count). The van der Waals surface area contributed by atoms with Crippen molar-refractivity contribution in [3.63, 3.8) is 0 Å². The summed E-state index contributed by atoms with van der Waals surface area (Å²) in [5, 5.41) is 0. The molecule has 0 spiro atoms. The first-order valence-corrected chi connectivity index (χ1v) is 8.61. The maximum absolute atomic E-state index is 12.9. The van der Waals surface area contributed by atoms with Gasteiger partial charge in [-0.2, -0.15) is 0 Å². The van der Waals surface area contributed by atoms with Crippen LogP contribution in [-0.4, -0.2) is 8.42 Å². The molecule has 0 aliphatic rings. The molecule has 0 amide bonds. The van der Waals surface area contributed by atoms with E-state index in [-0.39, 0.29) is 10.7 Å². The molecule has 6 heteroatoms. The second-order valence-electron chi connectivity index (χ2n) is 4.80. The van der Waals surface area contributed by atoms with Crippen LogP contribution in [0.5, 0.6) is 0 Å². The second kappa shape index (κ2) is 6.25. The van der Waals surface area contributed by atoms with Gasteiger partial charge in [-0.15, -0.1) is 0 Å². The molecule has 112 valence electrons. The van der Waals surface area contributed by atoms with Gasteiger partial charge in [-0.1, -0.05) is 34.1 Å². The van der Waals surface area contributed by atoms with E-state index in [1.54, 1.807) is 44.2 Å². The lowest BCUT2D eigenvalue weighted by Crippen LogP contribution is -2.27. The van der Waals surface area contributed by atoms with Crippen molar-refractivity contribution >= 4 is 26.0 Å². The maximum Gasteiger partial charge on any atom is 0.241 e. The monoisotopic (exact) mass is 371 g/mol. The number of halogens is 2. The fraction of sp³-hybridized carbons (Fsp3) is 0.200. The van der Waals surface area contributed by atoms with E-state index in [1.165, 1.54) is 12.1 Å². The normalized spacial score (nSPS) is 13.1. The molecule has 0 unspecified atom stereocenters. The maximum atomic E-state index is 12.9. The van der Waals surface area contributed by atoms with Crippen molar-refractivity contribution in [2.24, 2.45) is 0 Å². The Hall–Kier alpha value is -1.24. The standard InChI is InChI=1S/C15H15BrFNO2S/c1-10-3-6-13(16)9-15(10)21(19,20)18-11(2)12-4-7-14(17)8-5-12/h3-9,11,18H,1-2H3/t11-/m1/s1. The summed E-state index contributed by atoms with van der Waals surface area (Å²) in [6.07, 6.45) is 0. The zero-order chi connectivity index (χ0) is 15.6. The van der Waals surface area contributed by atoms with Gasteiger partial charge in [0.15, 0.2) is 0 Å². The molecule has 0 bridgehead atoms. The minimum atomic E-state index is -3.64. The van der Waals surface area contributed by atoms with Crippen LogP contribution >= 0.6 is 15.9 Å². The molecule has 3 nitrogen and oxygen atoms in total. The van der Waals surface area contributed by atoms with Gasteiger partial charge in [0.05, 0.1) is 4.90 Å². The number of rotatable bonds is 4. The topological polar surface area (TPSA) is 46.2 Å². The fourth-order valence-electron chi connectivity index (χ4n) is 1.98. The Morgan fingerprint density at radius 3 is 2.38 bits per heavy atom. The molecule has 0 heterocycles. The van der Waals surface area contributed by atoms with Crippen LogP contribution in [0.25, 0.3) is 0 Å². The predicted molar refractivity (Wildman–Crippen MR) is 84.0 cm³/mol. The van der Waals surface area contributed by atoms with Crippen LogP contribution in [0.3, 0.4) is 0 Å². The highest BCUT2D eigenvalue weighted by molar-refractivity contribution is 9.10. The first-order chi connectivity index (χ1) is 9.79. The molecule has 0 aromatic heterocycles. The minimum absolute atomic E-state index is 0.228. The van der Waals surface area contributed by atoms with Gasteiger partial charge < -0.3 is 0 Å². The van der Waals surface area contributed by atoms with E-state index in [0.717, 1.165) is 0 Å². The van der Waals surface area contributed by atoms with Crippen molar-refractivity contribution in [1.29, 1.82) is 0 Å². The minimum Gasteiger partial charge on any atom is -0.207 e. The van der Waals surface area contributed by atoms with Gasteiger partial charge in [-0.25, -0.2) is 17.5 Å². The third-order valence-corrected chi connectivity index (χ3v) is 5.32. The highest BCUT2D eigenvalue weighted by atomic mass is 79.9. The van der Waals surface area contributed by atoms with Crippen LogP contribution in [0, 0.1) is 12.7 Å². The molecule has 0 aliphatic carbocycles. The summed E-state index contributed by atoms with van der Waals surface area (Å²) < 4.78 is 41.1. The lowest BCUT2D eigenvalue weighted by molar-refractivity contribution is 0.566. The van der Waals surface area contributed by atoms with Crippen LogP contribution in [0.1, 0.15) is 24.1 Å². The van der Waals surface area contributed by atoms with Gasteiger partial charge in [0.2, 0.25) is 10.0 Å². The van der Waals surface area contributed by atoms with E-state index >= 15 is 0 Å². The summed E-state index contributed by atoms with van der Waals surface area (Å²) in [6.45, 7) is 3.46. The predicted octanol–water partition coefficient (Wildman–Crippen LogP) is 3.94.